The zero-order chi connectivity index (χ0) is 17.5. The minimum absolute atomic E-state index is 0.431. The maximum absolute atomic E-state index is 11.3. The Morgan fingerprint density at radius 3 is 2.20 bits per heavy atom. The van der Waals surface area contributed by atoms with Gasteiger partial charge in [0.15, 0.2) is 0 Å². The summed E-state index contributed by atoms with van der Waals surface area (Å²) in [5.74, 6) is -0.503. The van der Waals surface area contributed by atoms with E-state index in [9.17, 15) is 4.79 Å². The first-order valence-electron chi connectivity index (χ1n) is 8.15. The number of hydrogen-bond acceptors (Lipinski definition) is 3. The summed E-state index contributed by atoms with van der Waals surface area (Å²) in [5.41, 5.74) is 6.82. The maximum Gasteiger partial charge on any atom is 0.274 e. The molecule has 0 radical (unpaired) electrons. The molecule has 0 aliphatic rings. The van der Waals surface area contributed by atoms with Crippen molar-refractivity contribution in [1.29, 1.82) is 0 Å². The molecule has 3 rings (SSSR count). The van der Waals surface area contributed by atoms with Gasteiger partial charge in [-0.1, -0.05) is 66.7 Å². The smallest absolute Gasteiger partial charge is 0.274 e. The molecule has 0 fully saturated rings. The highest BCUT2D eigenvalue weighted by Crippen LogP contribution is 2.23. The first-order chi connectivity index (χ1) is 12.3. The van der Waals surface area contributed by atoms with Gasteiger partial charge in [0.1, 0.15) is 0 Å². The van der Waals surface area contributed by atoms with E-state index >= 15 is 0 Å². The number of nitrogens with one attached hydrogen (secondary N) is 2. The van der Waals surface area contributed by atoms with E-state index < -0.39 is 5.91 Å². The van der Waals surface area contributed by atoms with Crippen LogP contribution < -0.4 is 10.8 Å². The lowest BCUT2D eigenvalue weighted by Crippen LogP contribution is -2.18. The van der Waals surface area contributed by atoms with Gasteiger partial charge in [-0.15, -0.1) is 0 Å². The van der Waals surface area contributed by atoms with Gasteiger partial charge in [0.25, 0.3) is 5.91 Å². The molecule has 0 aliphatic carbocycles. The monoisotopic (exact) mass is 332 g/mol. The van der Waals surface area contributed by atoms with E-state index in [1.54, 1.807) is 17.6 Å². The predicted molar refractivity (Wildman–Crippen MR) is 98.1 cm³/mol. The summed E-state index contributed by atoms with van der Waals surface area (Å²) in [6.07, 6.45) is 0. The summed E-state index contributed by atoms with van der Waals surface area (Å²) in [5, 5.41) is 12.1. The Morgan fingerprint density at radius 1 is 0.800 bits per heavy atom. The third-order valence-corrected chi connectivity index (χ3v) is 4.06. The van der Waals surface area contributed by atoms with Crippen LogP contribution in [0.4, 0.5) is 0 Å². The molecule has 3 aromatic rings. The summed E-state index contributed by atoms with van der Waals surface area (Å²) in [6.45, 7) is 1.45. The van der Waals surface area contributed by atoms with Crippen molar-refractivity contribution in [2.45, 2.75) is 13.1 Å². The van der Waals surface area contributed by atoms with Crippen LogP contribution >= 0.6 is 0 Å². The highest BCUT2D eigenvalue weighted by molar-refractivity contribution is 5.93. The highest BCUT2D eigenvalue weighted by atomic mass is 16.5. The largest absolute Gasteiger partial charge is 0.309 e. The molecule has 0 atom stereocenters. The van der Waals surface area contributed by atoms with Crippen LogP contribution in [0.2, 0.25) is 0 Å². The molecule has 0 saturated heterocycles. The number of benzene rings is 3. The van der Waals surface area contributed by atoms with Gasteiger partial charge in [-0.3, -0.25) is 10.0 Å². The fourth-order valence-corrected chi connectivity index (χ4v) is 2.75. The van der Waals surface area contributed by atoms with Crippen LogP contribution in [0.15, 0.2) is 78.9 Å². The Bertz CT molecular complexity index is 830. The minimum Gasteiger partial charge on any atom is -0.309 e. The van der Waals surface area contributed by atoms with Crippen LogP contribution in [0.25, 0.3) is 11.1 Å². The molecule has 0 bridgehead atoms. The van der Waals surface area contributed by atoms with E-state index in [1.165, 1.54) is 16.7 Å². The van der Waals surface area contributed by atoms with Crippen molar-refractivity contribution in [3.8, 4) is 11.1 Å². The first kappa shape index (κ1) is 16.9. The Kier molecular flexibility index (Phi) is 5.57. The Labute approximate surface area is 147 Å². The summed E-state index contributed by atoms with van der Waals surface area (Å²) in [6, 6.07) is 25.8. The summed E-state index contributed by atoms with van der Waals surface area (Å²) < 4.78 is 0. The van der Waals surface area contributed by atoms with Crippen LogP contribution in [0.3, 0.4) is 0 Å². The molecule has 0 aliphatic heterocycles. The normalized spacial score (nSPS) is 10.4. The molecule has 3 N–H and O–H groups in total. The third-order valence-electron chi connectivity index (χ3n) is 4.06. The van der Waals surface area contributed by atoms with E-state index in [0.717, 1.165) is 12.1 Å². The van der Waals surface area contributed by atoms with Crippen LogP contribution in [-0.2, 0) is 13.1 Å². The van der Waals surface area contributed by atoms with Crippen LogP contribution in [0.5, 0.6) is 0 Å². The number of carbonyl (C=O) groups excluding carboxylic acids is 1. The standard InChI is InChI=1S/C21H20N2O2/c24-21(23-25)18-12-10-16(11-13-18)14-22-15-19-8-4-5-9-20(19)17-6-2-1-3-7-17/h1-13,22,25H,14-15H2,(H,23,24). The number of amides is 1. The average Bonchev–Trinajstić information content (AvgIpc) is 2.69. The fourth-order valence-electron chi connectivity index (χ4n) is 2.75. The van der Waals surface area contributed by atoms with Gasteiger partial charge in [0.2, 0.25) is 0 Å². The van der Waals surface area contributed by atoms with Crippen molar-refractivity contribution >= 4 is 5.91 Å². The molecule has 0 unspecified atom stereocenters. The first-order valence-corrected chi connectivity index (χ1v) is 8.15. The second-order valence-electron chi connectivity index (χ2n) is 5.76. The van der Waals surface area contributed by atoms with Crippen LogP contribution in [0.1, 0.15) is 21.5 Å². The minimum atomic E-state index is -0.503. The number of carbonyl (C=O) groups is 1. The van der Waals surface area contributed by atoms with Gasteiger partial charge in [0.05, 0.1) is 0 Å². The Hall–Kier alpha value is -2.95. The van der Waals surface area contributed by atoms with Crippen molar-refractivity contribution in [3.63, 3.8) is 0 Å². The van der Waals surface area contributed by atoms with Crippen molar-refractivity contribution < 1.29 is 10.0 Å². The molecule has 4 nitrogen and oxygen atoms in total. The van der Waals surface area contributed by atoms with Gasteiger partial charge >= 0.3 is 0 Å². The second kappa shape index (κ2) is 8.24. The van der Waals surface area contributed by atoms with Crippen molar-refractivity contribution in [1.82, 2.24) is 10.8 Å². The molecule has 0 spiro atoms. The SMILES string of the molecule is O=C(NO)c1ccc(CNCc2ccccc2-c2ccccc2)cc1. The molecule has 126 valence electrons. The fraction of sp³-hybridized carbons (Fsp3) is 0.0952. The molecule has 25 heavy (non-hydrogen) atoms. The molecule has 1 amide bonds. The summed E-state index contributed by atoms with van der Waals surface area (Å²) >= 11 is 0. The molecular formula is C21H20N2O2. The molecule has 0 aromatic heterocycles. The van der Waals surface area contributed by atoms with Gasteiger partial charge in [-0.25, -0.2) is 5.48 Å². The van der Waals surface area contributed by atoms with Gasteiger partial charge in [-0.05, 0) is 34.4 Å². The maximum atomic E-state index is 11.3. The van der Waals surface area contributed by atoms with E-state index in [2.05, 4.69) is 35.6 Å². The average molecular weight is 332 g/mol. The van der Waals surface area contributed by atoms with E-state index in [1.807, 2.05) is 36.4 Å². The van der Waals surface area contributed by atoms with E-state index in [-0.39, 0.29) is 0 Å². The number of hydroxylamine groups is 1. The Balaban J connectivity index is 1.64. The number of hydrogen-bond donors (Lipinski definition) is 3. The molecular weight excluding hydrogens is 312 g/mol. The lowest BCUT2D eigenvalue weighted by molar-refractivity contribution is 0.0706. The van der Waals surface area contributed by atoms with Crippen molar-refractivity contribution in [2.75, 3.05) is 0 Å². The number of rotatable bonds is 6. The van der Waals surface area contributed by atoms with Crippen LogP contribution in [0, 0.1) is 0 Å². The molecule has 0 heterocycles. The quantitative estimate of drug-likeness (QED) is 0.476. The van der Waals surface area contributed by atoms with Crippen molar-refractivity contribution in [3.05, 3.63) is 95.6 Å². The lowest BCUT2D eigenvalue weighted by atomic mass is 10.00. The predicted octanol–water partition coefficient (Wildman–Crippen LogP) is 3.76. The van der Waals surface area contributed by atoms with E-state index in [4.69, 9.17) is 5.21 Å². The van der Waals surface area contributed by atoms with Gasteiger partial charge in [-0.2, -0.15) is 0 Å². The lowest BCUT2D eigenvalue weighted by Gasteiger charge is -2.11. The second-order valence-corrected chi connectivity index (χ2v) is 5.76. The topological polar surface area (TPSA) is 61.4 Å². The van der Waals surface area contributed by atoms with E-state index in [0.29, 0.717) is 12.1 Å². The zero-order valence-electron chi connectivity index (χ0n) is 13.8. The molecule has 3 aromatic carbocycles. The van der Waals surface area contributed by atoms with Crippen molar-refractivity contribution in [2.24, 2.45) is 0 Å². The summed E-state index contributed by atoms with van der Waals surface area (Å²) in [7, 11) is 0. The highest BCUT2D eigenvalue weighted by Gasteiger charge is 2.05. The Morgan fingerprint density at radius 2 is 1.48 bits per heavy atom. The van der Waals surface area contributed by atoms with Crippen LogP contribution in [-0.4, -0.2) is 11.1 Å². The third kappa shape index (κ3) is 4.32. The zero-order valence-corrected chi connectivity index (χ0v) is 13.8. The van der Waals surface area contributed by atoms with Gasteiger partial charge in [0, 0.05) is 18.7 Å². The molecule has 0 saturated carbocycles. The summed E-state index contributed by atoms with van der Waals surface area (Å²) in [4.78, 5) is 11.3. The molecule has 4 heteroatoms. The van der Waals surface area contributed by atoms with Gasteiger partial charge < -0.3 is 5.32 Å².